The molecule has 0 spiro atoms. The highest BCUT2D eigenvalue weighted by molar-refractivity contribution is 5.92. The molecular weight excluding hydrogens is 178 g/mol. The molecule has 1 aromatic heterocycles. The summed E-state index contributed by atoms with van der Waals surface area (Å²) in [6, 6.07) is 0. The number of aromatic nitrogens is 2. The van der Waals surface area contributed by atoms with Crippen molar-refractivity contribution in [3.05, 3.63) is 17.5 Å². The molecule has 1 aromatic rings. The molecule has 2 N–H and O–H groups in total. The van der Waals surface area contributed by atoms with Crippen LogP contribution in [-0.2, 0) is 11.2 Å². The Morgan fingerprint density at radius 3 is 3.14 bits per heavy atom. The lowest BCUT2D eigenvalue weighted by Crippen LogP contribution is -2.22. The number of H-pyrrole nitrogens is 1. The minimum atomic E-state index is -0.353. The number of rotatable bonds is 4. The third kappa shape index (κ3) is 2.94. The van der Waals surface area contributed by atoms with Crippen LogP contribution in [0.1, 0.15) is 17.7 Å². The molecule has 0 bridgehead atoms. The van der Waals surface area contributed by atoms with E-state index in [1.165, 1.54) is 5.56 Å². The van der Waals surface area contributed by atoms with E-state index in [0.717, 1.165) is 18.5 Å². The molecule has 4 nitrogen and oxygen atoms in total. The van der Waals surface area contributed by atoms with Crippen LogP contribution in [0, 0.1) is 19.3 Å². The maximum atomic E-state index is 10.7. The second-order valence-electron chi connectivity index (χ2n) is 3.02. The molecule has 0 atom stereocenters. The minimum Gasteiger partial charge on any atom is -0.345 e. The average Bonchev–Trinajstić information content (AvgIpc) is 2.58. The summed E-state index contributed by atoms with van der Waals surface area (Å²) in [7, 11) is 0. The Balaban J connectivity index is 2.20. The third-order valence-electron chi connectivity index (χ3n) is 1.97. The Labute approximate surface area is 83.1 Å². The number of amides is 1. The first-order valence-corrected chi connectivity index (χ1v) is 4.47. The van der Waals surface area contributed by atoms with Gasteiger partial charge in [0.1, 0.15) is 0 Å². The summed E-state index contributed by atoms with van der Waals surface area (Å²) in [6.07, 6.45) is 8.46. The zero-order valence-electron chi connectivity index (χ0n) is 8.13. The molecule has 0 radical (unpaired) electrons. The molecule has 0 unspecified atom stereocenters. The Bertz CT molecular complexity index is 348. The first kappa shape index (κ1) is 10.3. The molecule has 4 heteroatoms. The van der Waals surface area contributed by atoms with Crippen molar-refractivity contribution in [2.45, 2.75) is 19.8 Å². The van der Waals surface area contributed by atoms with Gasteiger partial charge < -0.3 is 5.32 Å². The number of carbonyl (C=O) groups excluding carboxylic acids is 1. The van der Waals surface area contributed by atoms with Gasteiger partial charge in [0.2, 0.25) is 0 Å². The highest BCUT2D eigenvalue weighted by Crippen LogP contribution is 2.04. The fraction of sp³-hybridized carbons (Fsp3) is 0.400. The number of aromatic amines is 1. The number of aryl methyl sites for hydroxylation is 2. The summed E-state index contributed by atoms with van der Waals surface area (Å²) in [5.74, 6) is 1.65. The van der Waals surface area contributed by atoms with Crippen LogP contribution in [-0.4, -0.2) is 22.6 Å². The van der Waals surface area contributed by atoms with E-state index in [9.17, 15) is 4.79 Å². The minimum absolute atomic E-state index is 0.353. The Morgan fingerprint density at radius 1 is 1.79 bits per heavy atom. The van der Waals surface area contributed by atoms with Crippen LogP contribution in [0.15, 0.2) is 6.20 Å². The molecule has 0 saturated carbocycles. The van der Waals surface area contributed by atoms with E-state index in [-0.39, 0.29) is 5.91 Å². The second-order valence-corrected chi connectivity index (χ2v) is 3.02. The molecule has 1 amide bonds. The van der Waals surface area contributed by atoms with Gasteiger partial charge in [0.05, 0.1) is 6.20 Å². The van der Waals surface area contributed by atoms with E-state index < -0.39 is 0 Å². The standard InChI is InChI=1S/C10H13N3O/c1-3-10(14)11-6-4-5-9-7-12-13-8(9)2/h1,7H,4-6H2,2H3,(H,11,14)(H,12,13). The molecule has 0 saturated heterocycles. The fourth-order valence-corrected chi connectivity index (χ4v) is 1.16. The van der Waals surface area contributed by atoms with Gasteiger partial charge in [0.25, 0.3) is 5.91 Å². The lowest BCUT2D eigenvalue weighted by Gasteiger charge is -2.00. The highest BCUT2D eigenvalue weighted by atomic mass is 16.1. The van der Waals surface area contributed by atoms with Crippen molar-refractivity contribution in [3.8, 4) is 12.3 Å². The van der Waals surface area contributed by atoms with Gasteiger partial charge in [-0.25, -0.2) is 0 Å². The molecule has 0 aliphatic heterocycles. The zero-order chi connectivity index (χ0) is 10.4. The number of nitrogens with zero attached hydrogens (tertiary/aromatic N) is 1. The average molecular weight is 191 g/mol. The normalized spacial score (nSPS) is 9.43. The van der Waals surface area contributed by atoms with Gasteiger partial charge in [-0.05, 0) is 31.2 Å². The van der Waals surface area contributed by atoms with Gasteiger partial charge >= 0.3 is 0 Å². The second kappa shape index (κ2) is 5.07. The zero-order valence-corrected chi connectivity index (χ0v) is 8.13. The van der Waals surface area contributed by atoms with E-state index in [2.05, 4.69) is 15.5 Å². The van der Waals surface area contributed by atoms with E-state index >= 15 is 0 Å². The SMILES string of the molecule is C#CC(=O)NCCCc1cn[nH]c1C. The monoisotopic (exact) mass is 191 g/mol. The highest BCUT2D eigenvalue weighted by Gasteiger charge is 2.00. The van der Waals surface area contributed by atoms with Crippen molar-refractivity contribution in [2.75, 3.05) is 6.54 Å². The first-order valence-electron chi connectivity index (χ1n) is 4.47. The summed E-state index contributed by atoms with van der Waals surface area (Å²) in [5.41, 5.74) is 2.26. The fourth-order valence-electron chi connectivity index (χ4n) is 1.16. The summed E-state index contributed by atoms with van der Waals surface area (Å²) in [4.78, 5) is 10.7. The van der Waals surface area contributed by atoms with Gasteiger partial charge in [-0.3, -0.25) is 9.89 Å². The maximum absolute atomic E-state index is 10.7. The van der Waals surface area contributed by atoms with E-state index in [4.69, 9.17) is 6.42 Å². The van der Waals surface area contributed by atoms with Gasteiger partial charge in [-0.1, -0.05) is 0 Å². The van der Waals surface area contributed by atoms with Gasteiger partial charge in [-0.15, -0.1) is 6.42 Å². The number of carbonyl (C=O) groups is 1. The summed E-state index contributed by atoms with van der Waals surface area (Å²) < 4.78 is 0. The summed E-state index contributed by atoms with van der Waals surface area (Å²) in [5, 5.41) is 9.38. The quantitative estimate of drug-likeness (QED) is 0.534. The third-order valence-corrected chi connectivity index (χ3v) is 1.97. The van der Waals surface area contributed by atoms with Crippen LogP contribution in [0.3, 0.4) is 0 Å². The lowest BCUT2D eigenvalue weighted by molar-refractivity contribution is -0.115. The van der Waals surface area contributed by atoms with E-state index in [1.54, 1.807) is 6.20 Å². The van der Waals surface area contributed by atoms with Gasteiger partial charge in [-0.2, -0.15) is 5.10 Å². The summed E-state index contributed by atoms with van der Waals surface area (Å²) >= 11 is 0. The lowest BCUT2D eigenvalue weighted by atomic mass is 10.1. The molecule has 1 heterocycles. The molecule has 0 aliphatic carbocycles. The van der Waals surface area contributed by atoms with Crippen LogP contribution < -0.4 is 5.32 Å². The first-order chi connectivity index (χ1) is 6.74. The van der Waals surface area contributed by atoms with Crippen molar-refractivity contribution in [2.24, 2.45) is 0 Å². The Morgan fingerprint density at radius 2 is 2.57 bits per heavy atom. The molecule has 74 valence electrons. The van der Waals surface area contributed by atoms with Crippen LogP contribution in [0.5, 0.6) is 0 Å². The Kier molecular flexibility index (Phi) is 3.74. The predicted molar refractivity (Wildman–Crippen MR) is 53.5 cm³/mol. The van der Waals surface area contributed by atoms with Crippen molar-refractivity contribution >= 4 is 5.91 Å². The Hall–Kier alpha value is -1.76. The van der Waals surface area contributed by atoms with Crippen molar-refractivity contribution < 1.29 is 4.79 Å². The van der Waals surface area contributed by atoms with Crippen molar-refractivity contribution in [3.63, 3.8) is 0 Å². The van der Waals surface area contributed by atoms with Gasteiger partial charge in [0, 0.05) is 12.2 Å². The topological polar surface area (TPSA) is 57.8 Å². The summed E-state index contributed by atoms with van der Waals surface area (Å²) in [6.45, 7) is 2.58. The van der Waals surface area contributed by atoms with Crippen LogP contribution in [0.4, 0.5) is 0 Å². The molecule has 0 aromatic carbocycles. The number of hydrogen-bond acceptors (Lipinski definition) is 2. The van der Waals surface area contributed by atoms with E-state index in [0.29, 0.717) is 6.54 Å². The molecule has 1 rings (SSSR count). The van der Waals surface area contributed by atoms with Crippen molar-refractivity contribution in [1.29, 1.82) is 0 Å². The van der Waals surface area contributed by atoms with Crippen LogP contribution in [0.25, 0.3) is 0 Å². The predicted octanol–water partition coefficient (Wildman–Crippen LogP) is 0.400. The molecule has 0 aliphatic rings. The molecular formula is C10H13N3O. The molecule has 0 fully saturated rings. The van der Waals surface area contributed by atoms with Crippen molar-refractivity contribution in [1.82, 2.24) is 15.5 Å². The number of hydrogen-bond donors (Lipinski definition) is 2. The maximum Gasteiger partial charge on any atom is 0.295 e. The largest absolute Gasteiger partial charge is 0.345 e. The number of terminal acetylenes is 1. The van der Waals surface area contributed by atoms with Crippen LogP contribution in [0.2, 0.25) is 0 Å². The number of nitrogens with one attached hydrogen (secondary N) is 2. The van der Waals surface area contributed by atoms with Gasteiger partial charge in [0.15, 0.2) is 0 Å². The molecule has 14 heavy (non-hydrogen) atoms. The smallest absolute Gasteiger partial charge is 0.295 e. The van der Waals surface area contributed by atoms with E-state index in [1.807, 2.05) is 12.8 Å². The van der Waals surface area contributed by atoms with Crippen LogP contribution >= 0.6 is 0 Å².